The molecule has 1 heterocycles. The predicted octanol–water partition coefficient (Wildman–Crippen LogP) is 3.06. The number of hydrazine groups is 1. The summed E-state index contributed by atoms with van der Waals surface area (Å²) in [6, 6.07) is 1.24. The first-order chi connectivity index (χ1) is 10.5. The van der Waals surface area contributed by atoms with Gasteiger partial charge in [-0.1, -0.05) is 33.1 Å². The van der Waals surface area contributed by atoms with E-state index in [9.17, 15) is 9.59 Å². The van der Waals surface area contributed by atoms with Crippen molar-refractivity contribution < 1.29 is 14.0 Å². The molecule has 0 saturated carbocycles. The predicted molar refractivity (Wildman–Crippen MR) is 85.5 cm³/mol. The maximum absolute atomic E-state index is 11.9. The minimum Gasteiger partial charge on any atom is -0.466 e. The molecule has 0 unspecified atom stereocenters. The number of carbonyl (C=O) groups is 2. The second-order valence-electron chi connectivity index (χ2n) is 5.53. The van der Waals surface area contributed by atoms with Gasteiger partial charge >= 0.3 is 6.03 Å². The van der Waals surface area contributed by atoms with Crippen molar-refractivity contribution in [1.29, 1.82) is 0 Å². The van der Waals surface area contributed by atoms with Crippen LogP contribution in [0.5, 0.6) is 0 Å². The molecule has 0 fully saturated rings. The minimum atomic E-state index is -0.402. The number of hydrogen-bond donors (Lipinski definition) is 3. The smallest absolute Gasteiger partial charge is 0.333 e. The highest BCUT2D eigenvalue weighted by molar-refractivity contribution is 5.96. The summed E-state index contributed by atoms with van der Waals surface area (Å²) >= 11 is 0. The summed E-state index contributed by atoms with van der Waals surface area (Å²) in [6.45, 7) is 8.36. The molecular formula is C16H27N3O3. The zero-order valence-corrected chi connectivity index (χ0v) is 13.9. The molecule has 1 aromatic rings. The number of carbonyl (C=O) groups excluding carboxylic acids is 2. The average molecular weight is 309 g/mol. The van der Waals surface area contributed by atoms with Gasteiger partial charge in [-0.3, -0.25) is 10.2 Å². The summed E-state index contributed by atoms with van der Waals surface area (Å²) in [5, 5.41) is 2.78. The van der Waals surface area contributed by atoms with Crippen LogP contribution in [0.25, 0.3) is 0 Å². The molecule has 0 aliphatic rings. The van der Waals surface area contributed by atoms with Crippen LogP contribution < -0.4 is 16.2 Å². The number of hydrogen-bond acceptors (Lipinski definition) is 3. The number of amides is 3. The van der Waals surface area contributed by atoms with Crippen LogP contribution in [0.4, 0.5) is 4.79 Å². The highest BCUT2D eigenvalue weighted by Gasteiger charge is 2.14. The Kier molecular flexibility index (Phi) is 7.49. The van der Waals surface area contributed by atoms with E-state index in [1.807, 2.05) is 0 Å². The van der Waals surface area contributed by atoms with E-state index in [0.717, 1.165) is 25.7 Å². The van der Waals surface area contributed by atoms with Crippen LogP contribution >= 0.6 is 0 Å². The Morgan fingerprint density at radius 1 is 1.23 bits per heavy atom. The van der Waals surface area contributed by atoms with Gasteiger partial charge in [0.25, 0.3) is 5.91 Å². The maximum Gasteiger partial charge on any atom is 0.333 e. The SMILES string of the molecule is CCCC[C@@H](CC)CNC(=O)NNC(=O)c1cc(C)oc1C. The lowest BCUT2D eigenvalue weighted by Gasteiger charge is -2.15. The molecule has 0 aliphatic carbocycles. The third kappa shape index (κ3) is 5.79. The second-order valence-corrected chi connectivity index (χ2v) is 5.53. The normalized spacial score (nSPS) is 11.8. The molecule has 1 atom stereocenters. The number of rotatable bonds is 7. The monoisotopic (exact) mass is 309 g/mol. The second kappa shape index (κ2) is 9.12. The molecule has 1 aromatic heterocycles. The molecule has 22 heavy (non-hydrogen) atoms. The first kappa shape index (κ1) is 18.1. The van der Waals surface area contributed by atoms with Gasteiger partial charge in [0.15, 0.2) is 0 Å². The van der Waals surface area contributed by atoms with E-state index >= 15 is 0 Å². The van der Waals surface area contributed by atoms with Crippen LogP contribution in [-0.2, 0) is 0 Å². The fraction of sp³-hybridized carbons (Fsp3) is 0.625. The van der Waals surface area contributed by atoms with E-state index < -0.39 is 6.03 Å². The molecule has 1 rings (SSSR count). The lowest BCUT2D eigenvalue weighted by molar-refractivity contribution is 0.0934. The molecule has 0 spiro atoms. The fourth-order valence-corrected chi connectivity index (χ4v) is 2.26. The van der Waals surface area contributed by atoms with Gasteiger partial charge in [0, 0.05) is 6.54 Å². The third-order valence-electron chi connectivity index (χ3n) is 3.67. The van der Waals surface area contributed by atoms with E-state index in [4.69, 9.17) is 4.42 Å². The molecular weight excluding hydrogens is 282 g/mol. The summed E-state index contributed by atoms with van der Waals surface area (Å²) < 4.78 is 5.28. The molecule has 0 radical (unpaired) electrons. The summed E-state index contributed by atoms with van der Waals surface area (Å²) in [7, 11) is 0. The number of urea groups is 1. The van der Waals surface area contributed by atoms with Crippen LogP contribution in [0.2, 0.25) is 0 Å². The largest absolute Gasteiger partial charge is 0.466 e. The van der Waals surface area contributed by atoms with Gasteiger partial charge in [0.2, 0.25) is 0 Å². The highest BCUT2D eigenvalue weighted by atomic mass is 16.3. The van der Waals surface area contributed by atoms with Crippen LogP contribution in [0.3, 0.4) is 0 Å². The van der Waals surface area contributed by atoms with Gasteiger partial charge in [0.05, 0.1) is 5.56 Å². The fourth-order valence-electron chi connectivity index (χ4n) is 2.26. The Hall–Kier alpha value is -1.98. The van der Waals surface area contributed by atoms with Crippen molar-refractivity contribution in [1.82, 2.24) is 16.2 Å². The Bertz CT molecular complexity index is 497. The van der Waals surface area contributed by atoms with Crippen molar-refractivity contribution in [2.24, 2.45) is 5.92 Å². The molecule has 0 saturated heterocycles. The standard InChI is InChI=1S/C16H27N3O3/c1-5-7-8-13(6-2)10-17-16(21)19-18-15(20)14-9-11(3)22-12(14)4/h9,13H,5-8,10H2,1-4H3,(H,18,20)(H2,17,19,21)/t13-/m1/s1. The molecule has 6 heteroatoms. The first-order valence-electron chi connectivity index (χ1n) is 7.89. The maximum atomic E-state index is 11.9. The van der Waals surface area contributed by atoms with Gasteiger partial charge in [-0.2, -0.15) is 0 Å². The van der Waals surface area contributed by atoms with Crippen molar-refractivity contribution >= 4 is 11.9 Å². The Labute approximate surface area is 132 Å². The number of furan rings is 1. The first-order valence-corrected chi connectivity index (χ1v) is 7.89. The van der Waals surface area contributed by atoms with Gasteiger partial charge in [-0.15, -0.1) is 0 Å². The van der Waals surface area contributed by atoms with Gasteiger partial charge in [0.1, 0.15) is 11.5 Å². The van der Waals surface area contributed by atoms with Crippen molar-refractivity contribution in [2.45, 2.75) is 53.4 Å². The molecule has 0 aromatic carbocycles. The van der Waals surface area contributed by atoms with Crippen LogP contribution in [0.15, 0.2) is 10.5 Å². The topological polar surface area (TPSA) is 83.4 Å². The summed E-state index contributed by atoms with van der Waals surface area (Å²) in [5.74, 6) is 1.28. The number of aryl methyl sites for hydroxylation is 2. The summed E-state index contributed by atoms with van der Waals surface area (Å²) in [5.41, 5.74) is 5.16. The van der Waals surface area contributed by atoms with E-state index in [-0.39, 0.29) is 5.91 Å². The quantitative estimate of drug-likeness (QED) is 0.677. The summed E-state index contributed by atoms with van der Waals surface area (Å²) in [6.07, 6.45) is 4.45. The zero-order chi connectivity index (χ0) is 16.5. The van der Waals surface area contributed by atoms with E-state index in [1.54, 1.807) is 19.9 Å². The molecule has 124 valence electrons. The van der Waals surface area contributed by atoms with E-state index in [2.05, 4.69) is 30.0 Å². The van der Waals surface area contributed by atoms with Crippen molar-refractivity contribution in [3.05, 3.63) is 23.2 Å². The Morgan fingerprint density at radius 2 is 1.95 bits per heavy atom. The Morgan fingerprint density at radius 3 is 2.50 bits per heavy atom. The molecule has 0 bridgehead atoms. The molecule has 0 aliphatic heterocycles. The number of nitrogens with one attached hydrogen (secondary N) is 3. The van der Waals surface area contributed by atoms with Crippen LogP contribution in [0.1, 0.15) is 61.4 Å². The lowest BCUT2D eigenvalue weighted by Crippen LogP contribution is -2.48. The lowest BCUT2D eigenvalue weighted by atomic mass is 9.99. The van der Waals surface area contributed by atoms with Gasteiger partial charge < -0.3 is 9.73 Å². The van der Waals surface area contributed by atoms with Crippen molar-refractivity contribution in [2.75, 3.05) is 6.54 Å². The molecule has 3 N–H and O–H groups in total. The van der Waals surface area contributed by atoms with Crippen molar-refractivity contribution in [3.8, 4) is 0 Å². The third-order valence-corrected chi connectivity index (χ3v) is 3.67. The van der Waals surface area contributed by atoms with Crippen LogP contribution in [-0.4, -0.2) is 18.5 Å². The van der Waals surface area contributed by atoms with E-state index in [1.165, 1.54) is 0 Å². The molecule has 6 nitrogen and oxygen atoms in total. The average Bonchev–Trinajstić information content (AvgIpc) is 2.83. The van der Waals surface area contributed by atoms with Gasteiger partial charge in [-0.25, -0.2) is 10.2 Å². The highest BCUT2D eigenvalue weighted by Crippen LogP contribution is 2.13. The van der Waals surface area contributed by atoms with Crippen LogP contribution in [0, 0.1) is 19.8 Å². The van der Waals surface area contributed by atoms with Crippen molar-refractivity contribution in [3.63, 3.8) is 0 Å². The van der Waals surface area contributed by atoms with E-state index in [0.29, 0.717) is 29.5 Å². The van der Waals surface area contributed by atoms with Gasteiger partial charge in [-0.05, 0) is 32.3 Å². The molecule has 3 amide bonds. The summed E-state index contributed by atoms with van der Waals surface area (Å²) in [4.78, 5) is 23.6. The number of unbranched alkanes of at least 4 members (excludes halogenated alkanes) is 1. The minimum absolute atomic E-state index is 0.387. The zero-order valence-electron chi connectivity index (χ0n) is 13.9. The Balaban J connectivity index is 2.33.